The van der Waals surface area contributed by atoms with E-state index in [4.69, 9.17) is 5.11 Å². The van der Waals surface area contributed by atoms with Gasteiger partial charge in [-0.2, -0.15) is 12.7 Å². The van der Waals surface area contributed by atoms with E-state index in [0.717, 1.165) is 0 Å². The molecule has 3 N–H and O–H groups in total. The fourth-order valence-electron chi connectivity index (χ4n) is 2.28. The number of aromatic hydroxyl groups is 1. The monoisotopic (exact) mass is 314 g/mol. The van der Waals surface area contributed by atoms with Gasteiger partial charge in [0.2, 0.25) is 0 Å². The molecule has 1 fully saturated rings. The second-order valence-corrected chi connectivity index (χ2v) is 6.79. The van der Waals surface area contributed by atoms with Crippen LogP contribution in [0.5, 0.6) is 5.75 Å². The smallest absolute Gasteiger partial charge is 0.306 e. The van der Waals surface area contributed by atoms with E-state index in [2.05, 4.69) is 4.72 Å². The molecule has 0 amide bonds. The number of carboxylic acids is 1. The third kappa shape index (κ3) is 3.64. The molecule has 1 aliphatic rings. The van der Waals surface area contributed by atoms with E-state index in [1.165, 1.54) is 22.5 Å². The summed E-state index contributed by atoms with van der Waals surface area (Å²) in [6.07, 6.45) is 0.621. The Bertz CT molecular complexity index is 636. The van der Waals surface area contributed by atoms with Crippen LogP contribution in [-0.4, -0.2) is 42.0 Å². The molecule has 0 aliphatic carbocycles. The molecule has 116 valence electrons. The summed E-state index contributed by atoms with van der Waals surface area (Å²) >= 11 is 0. The summed E-state index contributed by atoms with van der Waals surface area (Å²) in [4.78, 5) is 10.9. The van der Waals surface area contributed by atoms with Crippen molar-refractivity contribution in [1.82, 2.24) is 4.31 Å². The van der Waals surface area contributed by atoms with Gasteiger partial charge in [0.1, 0.15) is 5.75 Å². The van der Waals surface area contributed by atoms with Crippen LogP contribution in [0.1, 0.15) is 18.4 Å². The largest absolute Gasteiger partial charge is 0.508 e. The lowest BCUT2D eigenvalue weighted by atomic mass is 9.99. The second kappa shape index (κ2) is 5.90. The van der Waals surface area contributed by atoms with Crippen LogP contribution in [0.25, 0.3) is 0 Å². The van der Waals surface area contributed by atoms with Crippen molar-refractivity contribution < 1.29 is 23.4 Å². The molecule has 7 nitrogen and oxygen atoms in total. The summed E-state index contributed by atoms with van der Waals surface area (Å²) in [5.74, 6) is -1.26. The van der Waals surface area contributed by atoms with Gasteiger partial charge in [0, 0.05) is 13.1 Å². The molecule has 1 heterocycles. The number of anilines is 1. The summed E-state index contributed by atoms with van der Waals surface area (Å²) < 4.78 is 28.1. The topological polar surface area (TPSA) is 107 Å². The maximum Gasteiger partial charge on any atom is 0.306 e. The zero-order chi connectivity index (χ0) is 15.6. The molecule has 1 saturated heterocycles. The molecule has 0 atom stereocenters. The first-order chi connectivity index (χ1) is 9.79. The fourth-order valence-corrected chi connectivity index (χ4v) is 3.52. The molecule has 21 heavy (non-hydrogen) atoms. The molecular formula is C13H18N2O5S. The van der Waals surface area contributed by atoms with Crippen molar-refractivity contribution >= 4 is 21.9 Å². The number of nitrogens with one attached hydrogen (secondary N) is 1. The third-order valence-corrected chi connectivity index (χ3v) is 5.13. The van der Waals surface area contributed by atoms with E-state index >= 15 is 0 Å². The first-order valence-corrected chi connectivity index (χ1v) is 8.04. The molecule has 1 aromatic rings. The fraction of sp³-hybridized carbons (Fsp3) is 0.462. The average molecular weight is 314 g/mol. The summed E-state index contributed by atoms with van der Waals surface area (Å²) in [6.45, 7) is 2.04. The van der Waals surface area contributed by atoms with Gasteiger partial charge in [0.25, 0.3) is 0 Å². The molecule has 0 aromatic heterocycles. The summed E-state index contributed by atoms with van der Waals surface area (Å²) in [5.41, 5.74) is 0.936. The number of phenols is 1. The Balaban J connectivity index is 2.05. The van der Waals surface area contributed by atoms with Gasteiger partial charge in [-0.25, -0.2) is 0 Å². The molecule has 2 rings (SSSR count). The van der Waals surface area contributed by atoms with E-state index in [-0.39, 0.29) is 18.8 Å². The highest BCUT2D eigenvalue weighted by Crippen LogP contribution is 2.24. The number of carboxylic acid groups (broad SMARTS) is 1. The zero-order valence-corrected chi connectivity index (χ0v) is 12.4. The van der Waals surface area contributed by atoms with Crippen molar-refractivity contribution in [3.8, 4) is 5.75 Å². The van der Waals surface area contributed by atoms with Gasteiger partial charge in [-0.1, -0.05) is 0 Å². The lowest BCUT2D eigenvalue weighted by Gasteiger charge is -2.29. The van der Waals surface area contributed by atoms with E-state index in [9.17, 15) is 18.3 Å². The highest BCUT2D eigenvalue weighted by Gasteiger charge is 2.30. The van der Waals surface area contributed by atoms with Crippen LogP contribution in [0.4, 0.5) is 5.69 Å². The minimum Gasteiger partial charge on any atom is -0.508 e. The molecule has 0 saturated carbocycles. The predicted octanol–water partition coefficient (Wildman–Crippen LogP) is 1.15. The van der Waals surface area contributed by atoms with Gasteiger partial charge in [0.05, 0.1) is 11.6 Å². The minimum absolute atomic E-state index is 0.0974. The van der Waals surface area contributed by atoms with Crippen LogP contribution in [0.15, 0.2) is 18.2 Å². The van der Waals surface area contributed by atoms with E-state index in [1.54, 1.807) is 6.92 Å². The van der Waals surface area contributed by atoms with Gasteiger partial charge in [-0.15, -0.1) is 0 Å². The van der Waals surface area contributed by atoms with Gasteiger partial charge in [0.15, 0.2) is 0 Å². The number of benzene rings is 1. The van der Waals surface area contributed by atoms with Gasteiger partial charge >= 0.3 is 16.2 Å². The number of rotatable bonds is 4. The number of phenolic OH excluding ortho intramolecular Hbond substituents is 1. The number of nitrogens with zero attached hydrogens (tertiary/aromatic N) is 1. The van der Waals surface area contributed by atoms with Gasteiger partial charge < -0.3 is 10.2 Å². The maximum atomic E-state index is 12.2. The Morgan fingerprint density at radius 1 is 1.33 bits per heavy atom. The number of piperidine rings is 1. The Kier molecular flexibility index (Phi) is 4.38. The lowest BCUT2D eigenvalue weighted by molar-refractivity contribution is -0.142. The standard InChI is InChI=1S/C13H18N2O5S/c1-9-8-11(2-3-12(9)16)14-21(19,20)15-6-4-10(5-7-15)13(17)18/h2-3,8,10,14,16H,4-7H2,1H3,(H,17,18). The number of aryl methyl sites for hydroxylation is 1. The van der Waals surface area contributed by atoms with Gasteiger partial charge in [-0.3, -0.25) is 9.52 Å². The lowest BCUT2D eigenvalue weighted by Crippen LogP contribution is -2.42. The van der Waals surface area contributed by atoms with Crippen LogP contribution in [-0.2, 0) is 15.0 Å². The Morgan fingerprint density at radius 2 is 1.95 bits per heavy atom. The summed E-state index contributed by atoms with van der Waals surface area (Å²) in [7, 11) is -3.71. The maximum absolute atomic E-state index is 12.2. The molecule has 0 radical (unpaired) electrons. The van der Waals surface area contributed by atoms with Crippen molar-refractivity contribution in [3.63, 3.8) is 0 Å². The molecule has 1 aromatic carbocycles. The minimum atomic E-state index is -3.71. The van der Waals surface area contributed by atoms with Crippen molar-refractivity contribution in [2.45, 2.75) is 19.8 Å². The Hall–Kier alpha value is -1.80. The second-order valence-electron chi connectivity index (χ2n) is 5.12. The molecule has 0 unspecified atom stereocenters. The van der Waals surface area contributed by atoms with Crippen LogP contribution in [0.3, 0.4) is 0 Å². The first kappa shape index (κ1) is 15.6. The molecule has 0 bridgehead atoms. The SMILES string of the molecule is Cc1cc(NS(=O)(=O)N2CCC(C(=O)O)CC2)ccc1O. The Labute approximate surface area is 123 Å². The number of aliphatic carboxylic acids is 1. The van der Waals surface area contributed by atoms with Crippen molar-refractivity contribution in [2.75, 3.05) is 17.8 Å². The van der Waals surface area contributed by atoms with Crippen molar-refractivity contribution in [3.05, 3.63) is 23.8 Å². The van der Waals surface area contributed by atoms with E-state index in [0.29, 0.717) is 24.1 Å². The zero-order valence-electron chi connectivity index (χ0n) is 11.6. The van der Waals surface area contributed by atoms with Crippen LogP contribution in [0.2, 0.25) is 0 Å². The van der Waals surface area contributed by atoms with Crippen LogP contribution < -0.4 is 4.72 Å². The molecule has 8 heteroatoms. The summed E-state index contributed by atoms with van der Waals surface area (Å²) in [5, 5.41) is 18.3. The number of hydrogen-bond acceptors (Lipinski definition) is 4. The van der Waals surface area contributed by atoms with E-state index < -0.39 is 22.1 Å². The molecule has 1 aliphatic heterocycles. The third-order valence-electron chi connectivity index (χ3n) is 3.59. The average Bonchev–Trinajstić information content (AvgIpc) is 2.43. The van der Waals surface area contributed by atoms with Crippen LogP contribution in [0, 0.1) is 12.8 Å². The van der Waals surface area contributed by atoms with Crippen molar-refractivity contribution in [2.24, 2.45) is 5.92 Å². The normalized spacial score (nSPS) is 17.6. The number of carbonyl (C=O) groups is 1. The van der Waals surface area contributed by atoms with Gasteiger partial charge in [-0.05, 0) is 43.5 Å². The van der Waals surface area contributed by atoms with Crippen molar-refractivity contribution in [1.29, 1.82) is 0 Å². The predicted molar refractivity (Wildman–Crippen MR) is 77.3 cm³/mol. The summed E-state index contributed by atoms with van der Waals surface area (Å²) in [6, 6.07) is 4.44. The number of hydrogen-bond donors (Lipinski definition) is 3. The molecular weight excluding hydrogens is 296 g/mol. The molecule has 0 spiro atoms. The highest BCUT2D eigenvalue weighted by atomic mass is 32.2. The first-order valence-electron chi connectivity index (χ1n) is 6.60. The quantitative estimate of drug-likeness (QED) is 0.723. The van der Waals surface area contributed by atoms with E-state index in [1.807, 2.05) is 0 Å². The van der Waals surface area contributed by atoms with Crippen LogP contribution >= 0.6 is 0 Å². The highest BCUT2D eigenvalue weighted by molar-refractivity contribution is 7.90. The Morgan fingerprint density at radius 3 is 2.48 bits per heavy atom.